The number of unbranched alkanes of at least 4 members (excludes halogenated alkanes) is 1. The van der Waals surface area contributed by atoms with Crippen LogP contribution in [-0.4, -0.2) is 75.2 Å². The maximum atomic E-state index is 14.0. The fourth-order valence-electron chi connectivity index (χ4n) is 3.87. The van der Waals surface area contributed by atoms with Crippen LogP contribution < -0.4 is 10.2 Å². The number of halogens is 1. The van der Waals surface area contributed by atoms with Crippen molar-refractivity contribution in [2.45, 2.75) is 25.7 Å². The first kappa shape index (κ1) is 19.0. The quantitative estimate of drug-likeness (QED) is 0.479. The number of para-hydroxylation sites is 1. The van der Waals surface area contributed by atoms with Crippen molar-refractivity contribution in [3.63, 3.8) is 0 Å². The molecule has 0 saturated carbocycles. The number of nitrogens with one attached hydrogen (secondary N) is 1. The van der Waals surface area contributed by atoms with Gasteiger partial charge >= 0.3 is 0 Å². The van der Waals surface area contributed by atoms with E-state index >= 15 is 0 Å². The maximum Gasteiger partial charge on any atom is 0.193 e. The molecule has 144 valence electrons. The van der Waals surface area contributed by atoms with Gasteiger partial charge in [0.2, 0.25) is 0 Å². The summed E-state index contributed by atoms with van der Waals surface area (Å²) < 4.78 is 14.0. The van der Waals surface area contributed by atoms with Crippen molar-refractivity contribution in [1.29, 1.82) is 0 Å². The number of anilines is 1. The Morgan fingerprint density at radius 1 is 1.04 bits per heavy atom. The van der Waals surface area contributed by atoms with Crippen LogP contribution in [0.25, 0.3) is 0 Å². The molecule has 2 saturated heterocycles. The predicted octanol–water partition coefficient (Wildman–Crippen LogP) is 2.40. The van der Waals surface area contributed by atoms with Gasteiger partial charge in [-0.25, -0.2) is 4.39 Å². The molecule has 0 aromatic heterocycles. The van der Waals surface area contributed by atoms with Crippen molar-refractivity contribution in [1.82, 2.24) is 15.1 Å². The van der Waals surface area contributed by atoms with E-state index in [-0.39, 0.29) is 5.82 Å². The van der Waals surface area contributed by atoms with Crippen LogP contribution in [0.3, 0.4) is 0 Å². The molecule has 3 rings (SSSR count). The molecule has 0 amide bonds. The van der Waals surface area contributed by atoms with E-state index in [0.717, 1.165) is 38.7 Å². The Morgan fingerprint density at radius 3 is 2.46 bits per heavy atom. The molecule has 2 aliphatic rings. The second-order valence-corrected chi connectivity index (χ2v) is 7.16. The van der Waals surface area contributed by atoms with Gasteiger partial charge in [-0.3, -0.25) is 4.99 Å². The second-order valence-electron chi connectivity index (χ2n) is 7.16. The van der Waals surface area contributed by atoms with Crippen molar-refractivity contribution in [2.75, 3.05) is 64.3 Å². The van der Waals surface area contributed by atoms with Crippen LogP contribution in [0.5, 0.6) is 0 Å². The standard InChI is InChI=1S/C20H32FN5/c1-22-20(23-10-4-5-11-24-12-6-7-13-24)26-16-14-25(15-17-26)19-9-3-2-8-18(19)21/h2-3,8-9H,4-7,10-17H2,1H3,(H,22,23). The Kier molecular flexibility index (Phi) is 7.12. The average molecular weight is 362 g/mol. The number of piperazine rings is 1. The summed E-state index contributed by atoms with van der Waals surface area (Å²) in [5, 5.41) is 3.50. The molecular weight excluding hydrogens is 329 g/mol. The fraction of sp³-hybridized carbons (Fsp3) is 0.650. The molecule has 5 nitrogen and oxygen atoms in total. The number of guanidine groups is 1. The summed E-state index contributed by atoms with van der Waals surface area (Å²) >= 11 is 0. The molecule has 1 aromatic rings. The minimum absolute atomic E-state index is 0.138. The molecule has 0 spiro atoms. The molecule has 6 heteroatoms. The lowest BCUT2D eigenvalue weighted by molar-refractivity contribution is 0.329. The Labute approximate surface area is 156 Å². The molecule has 1 N–H and O–H groups in total. The minimum atomic E-state index is -0.138. The zero-order chi connectivity index (χ0) is 18.2. The molecule has 0 bridgehead atoms. The van der Waals surface area contributed by atoms with E-state index in [1.807, 2.05) is 19.2 Å². The van der Waals surface area contributed by atoms with Gasteiger partial charge in [0.25, 0.3) is 0 Å². The van der Waals surface area contributed by atoms with Crippen LogP contribution in [0.15, 0.2) is 29.3 Å². The maximum absolute atomic E-state index is 14.0. The van der Waals surface area contributed by atoms with E-state index < -0.39 is 0 Å². The van der Waals surface area contributed by atoms with E-state index in [2.05, 4.69) is 25.0 Å². The molecule has 0 unspecified atom stereocenters. The number of aliphatic imine (C=N–C) groups is 1. The number of hydrogen-bond acceptors (Lipinski definition) is 3. The first-order chi connectivity index (χ1) is 12.8. The van der Waals surface area contributed by atoms with E-state index in [1.54, 1.807) is 6.07 Å². The predicted molar refractivity (Wildman–Crippen MR) is 106 cm³/mol. The highest BCUT2D eigenvalue weighted by molar-refractivity contribution is 5.80. The molecule has 0 aliphatic carbocycles. The van der Waals surface area contributed by atoms with Crippen LogP contribution in [-0.2, 0) is 0 Å². The molecule has 0 atom stereocenters. The van der Waals surface area contributed by atoms with Gasteiger partial charge < -0.3 is 20.0 Å². The molecule has 2 aliphatic heterocycles. The summed E-state index contributed by atoms with van der Waals surface area (Å²) in [6.07, 6.45) is 5.14. The van der Waals surface area contributed by atoms with Crippen LogP contribution in [0.1, 0.15) is 25.7 Å². The van der Waals surface area contributed by atoms with E-state index in [0.29, 0.717) is 5.69 Å². The van der Waals surface area contributed by atoms with Crippen molar-refractivity contribution >= 4 is 11.6 Å². The van der Waals surface area contributed by atoms with Gasteiger partial charge in [-0.1, -0.05) is 12.1 Å². The Morgan fingerprint density at radius 2 is 1.77 bits per heavy atom. The van der Waals surface area contributed by atoms with Crippen LogP contribution in [0, 0.1) is 5.82 Å². The summed E-state index contributed by atoms with van der Waals surface area (Å²) in [6.45, 7) is 8.11. The topological polar surface area (TPSA) is 34.1 Å². The van der Waals surface area contributed by atoms with Gasteiger partial charge in [0.15, 0.2) is 5.96 Å². The number of likely N-dealkylation sites (tertiary alicyclic amines) is 1. The van der Waals surface area contributed by atoms with Gasteiger partial charge in [-0.15, -0.1) is 0 Å². The van der Waals surface area contributed by atoms with Gasteiger partial charge in [0.1, 0.15) is 5.82 Å². The lowest BCUT2D eigenvalue weighted by atomic mass is 10.2. The summed E-state index contributed by atoms with van der Waals surface area (Å²) in [6, 6.07) is 7.03. The Hall–Kier alpha value is -1.82. The van der Waals surface area contributed by atoms with Crippen molar-refractivity contribution < 1.29 is 4.39 Å². The third-order valence-corrected chi connectivity index (χ3v) is 5.37. The fourth-order valence-corrected chi connectivity index (χ4v) is 3.87. The van der Waals surface area contributed by atoms with Crippen molar-refractivity contribution in [2.24, 2.45) is 4.99 Å². The summed E-state index contributed by atoms with van der Waals surface area (Å²) in [5.41, 5.74) is 0.706. The van der Waals surface area contributed by atoms with E-state index in [1.165, 1.54) is 51.4 Å². The molecule has 2 fully saturated rings. The zero-order valence-corrected chi connectivity index (χ0v) is 16.0. The Balaban J connectivity index is 1.37. The number of nitrogens with zero attached hydrogens (tertiary/aromatic N) is 4. The highest BCUT2D eigenvalue weighted by Gasteiger charge is 2.21. The molecule has 2 heterocycles. The first-order valence-corrected chi connectivity index (χ1v) is 9.95. The molecule has 26 heavy (non-hydrogen) atoms. The largest absolute Gasteiger partial charge is 0.366 e. The first-order valence-electron chi connectivity index (χ1n) is 9.95. The highest BCUT2D eigenvalue weighted by atomic mass is 19.1. The van der Waals surface area contributed by atoms with Gasteiger partial charge in [-0.05, 0) is 57.5 Å². The lowest BCUT2D eigenvalue weighted by Gasteiger charge is -2.37. The summed E-state index contributed by atoms with van der Waals surface area (Å²) in [4.78, 5) is 11.4. The zero-order valence-electron chi connectivity index (χ0n) is 16.0. The van der Waals surface area contributed by atoms with Gasteiger partial charge in [-0.2, -0.15) is 0 Å². The third kappa shape index (κ3) is 5.10. The van der Waals surface area contributed by atoms with Crippen molar-refractivity contribution in [3.8, 4) is 0 Å². The van der Waals surface area contributed by atoms with Crippen molar-refractivity contribution in [3.05, 3.63) is 30.1 Å². The Bertz CT molecular complexity index is 577. The normalized spacial score (nSPS) is 19.2. The second kappa shape index (κ2) is 9.76. The monoisotopic (exact) mass is 361 g/mol. The van der Waals surface area contributed by atoms with E-state index in [9.17, 15) is 4.39 Å². The summed E-state index contributed by atoms with van der Waals surface area (Å²) in [5.74, 6) is 0.834. The summed E-state index contributed by atoms with van der Waals surface area (Å²) in [7, 11) is 1.84. The van der Waals surface area contributed by atoms with Crippen LogP contribution >= 0.6 is 0 Å². The minimum Gasteiger partial charge on any atom is -0.366 e. The highest BCUT2D eigenvalue weighted by Crippen LogP contribution is 2.20. The number of rotatable bonds is 6. The van der Waals surface area contributed by atoms with Crippen LogP contribution in [0.4, 0.5) is 10.1 Å². The van der Waals surface area contributed by atoms with Gasteiger partial charge in [0, 0.05) is 39.8 Å². The SMILES string of the molecule is CN=C(NCCCCN1CCCC1)N1CCN(c2ccccc2F)CC1. The average Bonchev–Trinajstić information content (AvgIpc) is 3.19. The smallest absolute Gasteiger partial charge is 0.193 e. The molecule has 1 aromatic carbocycles. The van der Waals surface area contributed by atoms with Gasteiger partial charge in [0.05, 0.1) is 5.69 Å². The van der Waals surface area contributed by atoms with E-state index in [4.69, 9.17) is 0 Å². The van der Waals surface area contributed by atoms with Crippen LogP contribution in [0.2, 0.25) is 0 Å². The molecule has 0 radical (unpaired) electrons. The third-order valence-electron chi connectivity index (χ3n) is 5.37. The number of hydrogen-bond donors (Lipinski definition) is 1. The lowest BCUT2D eigenvalue weighted by Crippen LogP contribution is -2.52. The number of benzene rings is 1. The molecular formula is C20H32FN5.